The van der Waals surface area contributed by atoms with Gasteiger partial charge in [-0.1, -0.05) is 25.1 Å². The fraction of sp³-hybridized carbons (Fsp3) is 0.379. The molecule has 1 fully saturated rings. The van der Waals surface area contributed by atoms with Crippen molar-refractivity contribution < 1.29 is 13.2 Å². The number of hydrogen-bond donors (Lipinski definition) is 2. The average Bonchev–Trinajstić information content (AvgIpc) is 2.93. The number of rotatable bonds is 8. The molecular weight excluding hydrogens is 512 g/mol. The van der Waals surface area contributed by atoms with E-state index in [1.807, 2.05) is 24.4 Å². The number of benzene rings is 2. The summed E-state index contributed by atoms with van der Waals surface area (Å²) in [6.07, 6.45) is 8.14. The molecule has 1 aliphatic carbocycles. The van der Waals surface area contributed by atoms with Gasteiger partial charge in [-0.05, 0) is 68.4 Å². The summed E-state index contributed by atoms with van der Waals surface area (Å²) >= 11 is 0. The average molecular weight is 547 g/mol. The molecule has 2 aromatic heterocycles. The Hall–Kier alpha value is -3.63. The highest BCUT2D eigenvalue weighted by Gasteiger charge is 2.22. The molecule has 4 aromatic rings. The van der Waals surface area contributed by atoms with Gasteiger partial charge in [-0.2, -0.15) is 0 Å². The van der Waals surface area contributed by atoms with Crippen molar-refractivity contribution in [3.05, 3.63) is 65.6 Å². The Balaban J connectivity index is 1.44. The van der Waals surface area contributed by atoms with Crippen LogP contribution in [0.5, 0.6) is 5.88 Å². The summed E-state index contributed by atoms with van der Waals surface area (Å²) in [6, 6.07) is 11.5. The molecule has 10 heteroatoms. The highest BCUT2D eigenvalue weighted by molar-refractivity contribution is 7.90. The minimum atomic E-state index is -3.59. The summed E-state index contributed by atoms with van der Waals surface area (Å²) in [5, 5.41) is 4.37. The molecule has 5 rings (SSSR count). The Labute approximate surface area is 229 Å². The first-order chi connectivity index (χ1) is 18.8. The Bertz CT molecular complexity index is 1600. The first-order valence-corrected chi connectivity index (χ1v) is 14.9. The summed E-state index contributed by atoms with van der Waals surface area (Å²) < 4.78 is 31.6. The van der Waals surface area contributed by atoms with Crippen molar-refractivity contribution in [2.45, 2.75) is 68.7 Å². The number of nitrogens with one attached hydrogen (secondary N) is 1. The fourth-order valence-electron chi connectivity index (χ4n) is 5.14. The second-order valence-electron chi connectivity index (χ2n) is 10.1. The second-order valence-corrected chi connectivity index (χ2v) is 12.1. The molecule has 2 heterocycles. The Morgan fingerprint density at radius 2 is 1.82 bits per heavy atom. The zero-order chi connectivity index (χ0) is 27.6. The van der Waals surface area contributed by atoms with Gasteiger partial charge in [-0.25, -0.2) is 28.4 Å². The molecule has 0 aliphatic heterocycles. The minimum absolute atomic E-state index is 0.267. The normalized spacial score (nSPS) is 17.7. The zero-order valence-corrected chi connectivity index (χ0v) is 23.3. The lowest BCUT2D eigenvalue weighted by Crippen LogP contribution is -2.33. The number of anilines is 1. The molecule has 0 amide bonds. The van der Waals surface area contributed by atoms with Gasteiger partial charge in [0.25, 0.3) is 0 Å². The van der Waals surface area contributed by atoms with E-state index >= 15 is 0 Å². The lowest BCUT2D eigenvalue weighted by atomic mass is 9.92. The van der Waals surface area contributed by atoms with Crippen molar-refractivity contribution in [2.75, 3.05) is 12.4 Å². The molecule has 9 nitrogen and oxygen atoms in total. The van der Waals surface area contributed by atoms with Gasteiger partial charge >= 0.3 is 0 Å². The lowest BCUT2D eigenvalue weighted by Gasteiger charge is -2.26. The molecule has 39 heavy (non-hydrogen) atoms. The standard InChI is InChI=1S/C29H34N6O3S/c1-4-19-13-20(14-21-15-32-29(35-26(19)21)34-23-11-9-22(30)10-12-23)27-28(38-3)33-24(16-31-27)17-39(36,37)25-8-6-5-7-18(25)2/h5-8,13-16,22-23H,4,9-12,17,30H2,1-3H3,(H,32,34,35). The molecule has 1 saturated carbocycles. The van der Waals surface area contributed by atoms with E-state index in [2.05, 4.69) is 27.2 Å². The van der Waals surface area contributed by atoms with Crippen LogP contribution < -0.4 is 15.8 Å². The maximum absolute atomic E-state index is 13.0. The summed E-state index contributed by atoms with van der Waals surface area (Å²) in [5.74, 6) is 0.626. The molecule has 0 saturated heterocycles. The van der Waals surface area contributed by atoms with E-state index < -0.39 is 9.84 Å². The van der Waals surface area contributed by atoms with Gasteiger partial charge in [0.15, 0.2) is 9.84 Å². The van der Waals surface area contributed by atoms with E-state index in [4.69, 9.17) is 15.5 Å². The number of sulfone groups is 1. The number of nitrogens with zero attached hydrogens (tertiary/aromatic N) is 4. The molecule has 0 unspecified atom stereocenters. The number of ether oxygens (including phenoxy) is 1. The number of fused-ring (bicyclic) bond motifs is 1. The van der Waals surface area contributed by atoms with Crippen molar-refractivity contribution in [1.29, 1.82) is 0 Å². The molecular formula is C29H34N6O3S. The molecule has 204 valence electrons. The van der Waals surface area contributed by atoms with Crippen LogP contribution in [0.25, 0.3) is 22.2 Å². The third-order valence-electron chi connectivity index (χ3n) is 7.27. The topological polar surface area (TPSA) is 133 Å². The van der Waals surface area contributed by atoms with E-state index in [9.17, 15) is 8.42 Å². The Morgan fingerprint density at radius 1 is 1.05 bits per heavy atom. The number of hydrogen-bond acceptors (Lipinski definition) is 9. The third-order valence-corrected chi connectivity index (χ3v) is 9.08. The van der Waals surface area contributed by atoms with E-state index in [1.165, 1.54) is 13.3 Å². The van der Waals surface area contributed by atoms with Crippen molar-refractivity contribution in [3.8, 4) is 17.1 Å². The van der Waals surface area contributed by atoms with Crippen LogP contribution >= 0.6 is 0 Å². The smallest absolute Gasteiger partial charge is 0.240 e. The molecule has 0 radical (unpaired) electrons. The van der Waals surface area contributed by atoms with E-state index in [0.717, 1.165) is 54.1 Å². The predicted molar refractivity (Wildman–Crippen MR) is 152 cm³/mol. The maximum Gasteiger partial charge on any atom is 0.240 e. The molecule has 3 N–H and O–H groups in total. The first kappa shape index (κ1) is 27.0. The van der Waals surface area contributed by atoms with Crippen LogP contribution in [0.2, 0.25) is 0 Å². The van der Waals surface area contributed by atoms with Gasteiger partial charge in [-0.3, -0.25) is 0 Å². The first-order valence-electron chi connectivity index (χ1n) is 13.3. The van der Waals surface area contributed by atoms with Crippen molar-refractivity contribution in [3.63, 3.8) is 0 Å². The quantitative estimate of drug-likeness (QED) is 0.325. The molecule has 0 spiro atoms. The van der Waals surface area contributed by atoms with Crippen LogP contribution in [0.4, 0.5) is 5.95 Å². The predicted octanol–water partition coefficient (Wildman–Crippen LogP) is 4.62. The summed E-state index contributed by atoms with van der Waals surface area (Å²) in [5.41, 5.74) is 10.3. The Kier molecular flexibility index (Phi) is 7.76. The minimum Gasteiger partial charge on any atom is -0.479 e. The monoisotopic (exact) mass is 546 g/mol. The molecule has 0 bridgehead atoms. The van der Waals surface area contributed by atoms with Gasteiger partial charge < -0.3 is 15.8 Å². The maximum atomic E-state index is 13.0. The number of aryl methyl sites for hydroxylation is 2. The second kappa shape index (κ2) is 11.2. The highest BCUT2D eigenvalue weighted by Crippen LogP contribution is 2.32. The molecule has 2 aromatic carbocycles. The fourth-order valence-corrected chi connectivity index (χ4v) is 6.66. The van der Waals surface area contributed by atoms with Crippen molar-refractivity contribution in [2.24, 2.45) is 5.73 Å². The van der Waals surface area contributed by atoms with Gasteiger partial charge in [0.1, 0.15) is 5.69 Å². The molecule has 1 aliphatic rings. The van der Waals surface area contributed by atoms with E-state index in [1.54, 1.807) is 25.1 Å². The summed E-state index contributed by atoms with van der Waals surface area (Å²) in [4.78, 5) is 18.8. The largest absolute Gasteiger partial charge is 0.479 e. The zero-order valence-electron chi connectivity index (χ0n) is 22.5. The Morgan fingerprint density at radius 3 is 2.54 bits per heavy atom. The summed E-state index contributed by atoms with van der Waals surface area (Å²) in [6.45, 7) is 3.86. The van der Waals surface area contributed by atoms with E-state index in [-0.39, 0.29) is 22.6 Å². The van der Waals surface area contributed by atoms with Crippen LogP contribution in [-0.4, -0.2) is 47.5 Å². The number of methoxy groups -OCH3 is 1. The highest BCUT2D eigenvalue weighted by atomic mass is 32.2. The molecule has 0 atom stereocenters. The van der Waals surface area contributed by atoms with Crippen LogP contribution in [0.15, 0.2) is 53.7 Å². The van der Waals surface area contributed by atoms with E-state index in [0.29, 0.717) is 28.9 Å². The third kappa shape index (κ3) is 5.86. The van der Waals surface area contributed by atoms with Crippen LogP contribution in [0, 0.1) is 6.92 Å². The van der Waals surface area contributed by atoms with Crippen LogP contribution in [-0.2, 0) is 22.0 Å². The number of aromatic nitrogens is 4. The van der Waals surface area contributed by atoms with Gasteiger partial charge in [0.05, 0.1) is 35.2 Å². The van der Waals surface area contributed by atoms with Gasteiger partial charge in [-0.15, -0.1) is 0 Å². The van der Waals surface area contributed by atoms with Crippen LogP contribution in [0.3, 0.4) is 0 Å². The van der Waals surface area contributed by atoms with Gasteiger partial charge in [0, 0.05) is 29.2 Å². The lowest BCUT2D eigenvalue weighted by molar-refractivity contribution is 0.396. The van der Waals surface area contributed by atoms with Crippen molar-refractivity contribution in [1.82, 2.24) is 19.9 Å². The SMILES string of the molecule is CCc1cc(-c2ncc(CS(=O)(=O)c3ccccc3C)nc2OC)cc2cnc(NC3CCC(N)CC3)nc12. The number of nitrogens with two attached hydrogens (primary N) is 1. The van der Waals surface area contributed by atoms with Gasteiger partial charge in [0.2, 0.25) is 11.8 Å². The van der Waals surface area contributed by atoms with Crippen molar-refractivity contribution >= 4 is 26.7 Å². The summed E-state index contributed by atoms with van der Waals surface area (Å²) in [7, 11) is -2.08. The van der Waals surface area contributed by atoms with Crippen LogP contribution in [0.1, 0.15) is 49.4 Å².